The van der Waals surface area contributed by atoms with E-state index in [0.29, 0.717) is 28.1 Å². The van der Waals surface area contributed by atoms with E-state index in [1.165, 1.54) is 6.08 Å². The number of benzene rings is 1. The number of aromatic nitrogens is 2. The first-order valence-corrected chi connectivity index (χ1v) is 7.09. The van der Waals surface area contributed by atoms with Crippen LogP contribution in [0.3, 0.4) is 0 Å². The van der Waals surface area contributed by atoms with Crippen molar-refractivity contribution in [3.05, 3.63) is 56.6 Å². The highest BCUT2D eigenvalue weighted by atomic mass is 35.5. The predicted octanol–water partition coefficient (Wildman–Crippen LogP) is 4.30. The minimum atomic E-state index is -1.05. The van der Waals surface area contributed by atoms with Crippen molar-refractivity contribution in [2.24, 2.45) is 0 Å². The van der Waals surface area contributed by atoms with E-state index in [-0.39, 0.29) is 5.15 Å². The van der Waals surface area contributed by atoms with E-state index in [4.69, 9.17) is 39.9 Å². The summed E-state index contributed by atoms with van der Waals surface area (Å²) < 4.78 is 1.79. The Labute approximate surface area is 136 Å². The van der Waals surface area contributed by atoms with Crippen LogP contribution in [0.4, 0.5) is 0 Å². The summed E-state index contributed by atoms with van der Waals surface area (Å²) in [7, 11) is 0. The van der Waals surface area contributed by atoms with Gasteiger partial charge in [0.1, 0.15) is 5.82 Å². The van der Waals surface area contributed by atoms with Crippen molar-refractivity contribution in [1.82, 2.24) is 9.55 Å². The molecular formula is C14H11Cl3N2O2. The third-order valence-corrected chi connectivity index (χ3v) is 3.75. The van der Waals surface area contributed by atoms with Crippen LogP contribution in [0, 0.1) is 6.92 Å². The van der Waals surface area contributed by atoms with Gasteiger partial charge in [-0.1, -0.05) is 40.9 Å². The summed E-state index contributed by atoms with van der Waals surface area (Å²) in [6.45, 7) is 2.20. The van der Waals surface area contributed by atoms with Gasteiger partial charge >= 0.3 is 5.97 Å². The van der Waals surface area contributed by atoms with Crippen molar-refractivity contribution in [3.63, 3.8) is 0 Å². The van der Waals surface area contributed by atoms with E-state index < -0.39 is 5.97 Å². The number of carboxylic acids is 1. The summed E-state index contributed by atoms with van der Waals surface area (Å²) in [5, 5.41) is 10.1. The number of carboxylic acid groups (broad SMARTS) is 1. The third kappa shape index (κ3) is 3.79. The van der Waals surface area contributed by atoms with E-state index in [9.17, 15) is 4.79 Å². The van der Waals surface area contributed by atoms with Gasteiger partial charge in [0.2, 0.25) is 0 Å². The Morgan fingerprint density at radius 1 is 1.38 bits per heavy atom. The Kier molecular flexibility index (Phi) is 4.93. The average Bonchev–Trinajstić information content (AvgIpc) is 2.65. The number of nitrogens with zero attached hydrogens (tertiary/aromatic N) is 2. The summed E-state index contributed by atoms with van der Waals surface area (Å²) in [4.78, 5) is 14.8. The van der Waals surface area contributed by atoms with Crippen molar-refractivity contribution < 1.29 is 9.90 Å². The van der Waals surface area contributed by atoms with Crippen LogP contribution < -0.4 is 0 Å². The molecule has 1 aromatic heterocycles. The van der Waals surface area contributed by atoms with Gasteiger partial charge in [-0.05, 0) is 30.7 Å². The standard InChI is InChI=1S/C14H11Cl3N2O2/c1-8-18-14(17)12(4-5-13(20)21)19(8)7-9-2-3-10(15)6-11(9)16/h2-6H,7H2,1H3,(H,20,21)/b5-4+. The molecule has 0 spiro atoms. The summed E-state index contributed by atoms with van der Waals surface area (Å²) in [5.41, 5.74) is 1.35. The molecule has 0 aliphatic rings. The van der Waals surface area contributed by atoms with Crippen molar-refractivity contribution in [2.45, 2.75) is 13.5 Å². The molecule has 0 unspecified atom stereocenters. The van der Waals surface area contributed by atoms with Gasteiger partial charge in [-0.15, -0.1) is 0 Å². The van der Waals surface area contributed by atoms with Crippen LogP contribution in [-0.2, 0) is 11.3 Å². The average molecular weight is 346 g/mol. The van der Waals surface area contributed by atoms with Crippen LogP contribution in [0.25, 0.3) is 6.08 Å². The summed E-state index contributed by atoms with van der Waals surface area (Å²) >= 11 is 18.1. The largest absolute Gasteiger partial charge is 0.478 e. The molecule has 110 valence electrons. The summed E-state index contributed by atoms with van der Waals surface area (Å²) in [6, 6.07) is 5.20. The number of aliphatic carboxylic acids is 1. The van der Waals surface area contributed by atoms with E-state index in [1.54, 1.807) is 23.6 Å². The highest BCUT2D eigenvalue weighted by Crippen LogP contribution is 2.25. The number of hydrogen-bond acceptors (Lipinski definition) is 2. The monoisotopic (exact) mass is 344 g/mol. The van der Waals surface area contributed by atoms with E-state index >= 15 is 0 Å². The minimum absolute atomic E-state index is 0.245. The SMILES string of the molecule is Cc1nc(Cl)c(/C=C/C(=O)O)n1Cc1ccc(Cl)cc1Cl. The molecule has 21 heavy (non-hydrogen) atoms. The van der Waals surface area contributed by atoms with Gasteiger partial charge in [0.05, 0.1) is 12.2 Å². The van der Waals surface area contributed by atoms with Crippen LogP contribution in [0.1, 0.15) is 17.1 Å². The van der Waals surface area contributed by atoms with Gasteiger partial charge in [-0.25, -0.2) is 9.78 Å². The Morgan fingerprint density at radius 2 is 2.10 bits per heavy atom. The molecule has 0 fully saturated rings. The highest BCUT2D eigenvalue weighted by Gasteiger charge is 2.13. The van der Waals surface area contributed by atoms with Crippen LogP contribution in [-0.4, -0.2) is 20.6 Å². The lowest BCUT2D eigenvalue weighted by molar-refractivity contribution is -0.131. The zero-order valence-corrected chi connectivity index (χ0v) is 13.2. The van der Waals surface area contributed by atoms with Gasteiger partial charge < -0.3 is 9.67 Å². The molecule has 0 aliphatic heterocycles. The number of imidazole rings is 1. The number of halogens is 3. The summed E-state index contributed by atoms with van der Waals surface area (Å²) in [6.07, 6.45) is 2.43. The fraction of sp³-hybridized carbons (Fsp3) is 0.143. The first kappa shape index (κ1) is 15.9. The molecule has 0 saturated carbocycles. The molecule has 2 aromatic rings. The van der Waals surface area contributed by atoms with Gasteiger partial charge in [-0.2, -0.15) is 0 Å². The topological polar surface area (TPSA) is 55.1 Å². The lowest BCUT2D eigenvalue weighted by atomic mass is 10.2. The van der Waals surface area contributed by atoms with Crippen molar-refractivity contribution in [3.8, 4) is 0 Å². The summed E-state index contributed by atoms with van der Waals surface area (Å²) in [5.74, 6) is -0.392. The smallest absolute Gasteiger partial charge is 0.328 e. The molecule has 4 nitrogen and oxygen atoms in total. The van der Waals surface area contributed by atoms with E-state index in [2.05, 4.69) is 4.98 Å². The Hall–Kier alpha value is -1.49. The Morgan fingerprint density at radius 3 is 2.71 bits per heavy atom. The maximum absolute atomic E-state index is 10.7. The molecule has 0 radical (unpaired) electrons. The molecule has 1 heterocycles. The second-order valence-corrected chi connectivity index (χ2v) is 5.53. The molecule has 2 rings (SSSR count). The number of carbonyl (C=O) groups is 1. The molecule has 0 atom stereocenters. The molecule has 0 amide bonds. The van der Waals surface area contributed by atoms with Crippen LogP contribution in [0.2, 0.25) is 15.2 Å². The van der Waals surface area contributed by atoms with Crippen molar-refractivity contribution in [1.29, 1.82) is 0 Å². The van der Waals surface area contributed by atoms with E-state index in [0.717, 1.165) is 11.6 Å². The maximum atomic E-state index is 10.7. The van der Waals surface area contributed by atoms with E-state index in [1.807, 2.05) is 6.07 Å². The van der Waals surface area contributed by atoms with Crippen LogP contribution in [0.5, 0.6) is 0 Å². The van der Waals surface area contributed by atoms with Crippen molar-refractivity contribution in [2.75, 3.05) is 0 Å². The fourth-order valence-electron chi connectivity index (χ4n) is 1.87. The first-order chi connectivity index (χ1) is 9.88. The van der Waals surface area contributed by atoms with Crippen LogP contribution in [0.15, 0.2) is 24.3 Å². The number of rotatable bonds is 4. The molecule has 1 aromatic carbocycles. The quantitative estimate of drug-likeness (QED) is 0.841. The molecule has 7 heteroatoms. The maximum Gasteiger partial charge on any atom is 0.328 e. The van der Waals surface area contributed by atoms with Crippen molar-refractivity contribution >= 4 is 46.8 Å². The number of aryl methyl sites for hydroxylation is 1. The molecule has 0 saturated heterocycles. The molecule has 0 bridgehead atoms. The zero-order valence-electron chi connectivity index (χ0n) is 11.0. The second kappa shape index (κ2) is 6.52. The lowest BCUT2D eigenvalue weighted by Crippen LogP contribution is -2.05. The highest BCUT2D eigenvalue weighted by molar-refractivity contribution is 6.35. The normalized spacial score (nSPS) is 11.2. The molecule has 1 N–H and O–H groups in total. The predicted molar refractivity (Wildman–Crippen MR) is 84.2 cm³/mol. The zero-order chi connectivity index (χ0) is 15.6. The van der Waals surface area contributed by atoms with Gasteiger partial charge in [0, 0.05) is 16.1 Å². The second-order valence-electron chi connectivity index (χ2n) is 4.33. The molecule has 0 aliphatic carbocycles. The number of hydrogen-bond donors (Lipinski definition) is 1. The van der Waals surface area contributed by atoms with Gasteiger partial charge in [0.25, 0.3) is 0 Å². The Balaban J connectivity index is 2.41. The first-order valence-electron chi connectivity index (χ1n) is 5.96. The fourth-order valence-corrected chi connectivity index (χ4v) is 2.63. The lowest BCUT2D eigenvalue weighted by Gasteiger charge is -2.10. The van der Waals surface area contributed by atoms with Gasteiger partial charge in [0.15, 0.2) is 5.15 Å². The Bertz CT molecular complexity index is 723. The third-order valence-electron chi connectivity index (χ3n) is 2.88. The van der Waals surface area contributed by atoms with Gasteiger partial charge in [-0.3, -0.25) is 0 Å². The van der Waals surface area contributed by atoms with Crippen LogP contribution >= 0.6 is 34.8 Å². The molecular weight excluding hydrogens is 335 g/mol. The minimum Gasteiger partial charge on any atom is -0.478 e.